The van der Waals surface area contributed by atoms with Gasteiger partial charge in [0.15, 0.2) is 0 Å². The molecule has 0 bridgehead atoms. The number of carbonyl (C=O) groups excluding carboxylic acids is 1. The van der Waals surface area contributed by atoms with Crippen LogP contribution in [0.25, 0.3) is 17.0 Å². The summed E-state index contributed by atoms with van der Waals surface area (Å²) in [5.41, 5.74) is 7.39. The molecule has 1 aliphatic rings. The van der Waals surface area contributed by atoms with E-state index in [2.05, 4.69) is 29.5 Å². The molecule has 0 saturated carbocycles. The predicted octanol–water partition coefficient (Wildman–Crippen LogP) is 7.27. The molecule has 1 N–H and O–H groups in total. The van der Waals surface area contributed by atoms with Gasteiger partial charge < -0.3 is 9.84 Å². The van der Waals surface area contributed by atoms with Gasteiger partial charge >= 0.3 is 6.03 Å². The van der Waals surface area contributed by atoms with Crippen molar-refractivity contribution in [3.05, 3.63) is 106 Å². The van der Waals surface area contributed by atoms with E-state index in [9.17, 15) is 4.79 Å². The first-order chi connectivity index (χ1) is 17.4. The Morgan fingerprint density at radius 3 is 2.47 bits per heavy atom. The highest BCUT2D eigenvalue weighted by Gasteiger charge is 2.36. The summed E-state index contributed by atoms with van der Waals surface area (Å²) in [6.45, 7) is 8.10. The van der Waals surface area contributed by atoms with Crippen LogP contribution in [0, 0.1) is 13.8 Å². The van der Waals surface area contributed by atoms with Gasteiger partial charge in [0.2, 0.25) is 5.82 Å². The average Bonchev–Trinajstić information content (AvgIpc) is 3.35. The average molecular weight is 499 g/mol. The van der Waals surface area contributed by atoms with E-state index in [1.807, 2.05) is 69.3 Å². The molecule has 1 aliphatic heterocycles. The monoisotopic (exact) mass is 498 g/mol. The molecule has 0 radical (unpaired) electrons. The van der Waals surface area contributed by atoms with Gasteiger partial charge in [0, 0.05) is 16.3 Å². The molecular formula is C29H27ClN4O2. The van der Waals surface area contributed by atoms with Gasteiger partial charge in [0.1, 0.15) is 0 Å². The summed E-state index contributed by atoms with van der Waals surface area (Å²) in [5, 5.41) is 7.97. The Labute approximate surface area is 215 Å². The van der Waals surface area contributed by atoms with E-state index >= 15 is 0 Å². The van der Waals surface area contributed by atoms with Gasteiger partial charge in [-0.25, -0.2) is 4.79 Å². The van der Waals surface area contributed by atoms with Crippen LogP contribution in [-0.2, 0) is 6.42 Å². The number of hydrogen-bond donors (Lipinski definition) is 1. The topological polar surface area (TPSA) is 71.3 Å². The third kappa shape index (κ3) is 4.40. The molecule has 2 amide bonds. The van der Waals surface area contributed by atoms with Crippen molar-refractivity contribution >= 4 is 28.9 Å². The highest BCUT2D eigenvalue weighted by molar-refractivity contribution is 6.30. The number of anilines is 1. The third-order valence-electron chi connectivity index (χ3n) is 6.69. The normalized spacial score (nSPS) is 15.9. The van der Waals surface area contributed by atoms with Crippen molar-refractivity contribution < 1.29 is 9.32 Å². The second-order valence-electron chi connectivity index (χ2n) is 9.01. The number of aromatic nitrogens is 2. The zero-order valence-corrected chi connectivity index (χ0v) is 21.4. The number of aryl methyl sites for hydroxylation is 3. The summed E-state index contributed by atoms with van der Waals surface area (Å²) in [7, 11) is 0. The molecule has 4 aromatic rings. The van der Waals surface area contributed by atoms with E-state index in [0.29, 0.717) is 22.4 Å². The minimum atomic E-state index is -0.505. The van der Waals surface area contributed by atoms with Crippen LogP contribution in [0.5, 0.6) is 0 Å². The van der Waals surface area contributed by atoms with Crippen molar-refractivity contribution in [2.75, 3.05) is 4.90 Å². The molecule has 7 heteroatoms. The molecule has 1 atom stereocenters. The van der Waals surface area contributed by atoms with E-state index in [1.54, 1.807) is 11.0 Å². The van der Waals surface area contributed by atoms with Crippen LogP contribution >= 0.6 is 11.6 Å². The van der Waals surface area contributed by atoms with Gasteiger partial charge in [-0.15, -0.1) is 0 Å². The Morgan fingerprint density at radius 1 is 1.00 bits per heavy atom. The summed E-state index contributed by atoms with van der Waals surface area (Å²) in [6, 6.07) is 20.8. The molecule has 2 heterocycles. The van der Waals surface area contributed by atoms with Crippen LogP contribution in [0.4, 0.5) is 10.5 Å². The molecule has 5 rings (SSSR count). The Kier molecular flexibility index (Phi) is 6.37. The number of hydrogen-bond acceptors (Lipinski definition) is 4. The summed E-state index contributed by atoms with van der Waals surface area (Å²) in [4.78, 5) is 19.8. The van der Waals surface area contributed by atoms with Crippen molar-refractivity contribution in [3.8, 4) is 11.4 Å². The second-order valence-corrected chi connectivity index (χ2v) is 9.45. The van der Waals surface area contributed by atoms with Gasteiger partial charge in [-0.1, -0.05) is 66.1 Å². The number of nitrogens with zero attached hydrogens (tertiary/aromatic N) is 3. The standard InChI is InChI=1S/C29H27ClN4O2/c1-5-20-10-12-21(13-11-20)27-32-28(36-33-27)25-19(4)34(24-14-9-17(2)18(3)15-24)29(35)31-26(25)22-7-6-8-23(30)16-22/h6-16,26H,5H2,1-4H3,(H,31,35). The zero-order valence-electron chi connectivity index (χ0n) is 20.7. The maximum atomic E-state index is 13.4. The van der Waals surface area contributed by atoms with Crippen molar-refractivity contribution in [2.24, 2.45) is 0 Å². The number of allylic oxidation sites excluding steroid dienone is 1. The molecule has 182 valence electrons. The van der Waals surface area contributed by atoms with Crippen LogP contribution < -0.4 is 10.2 Å². The number of nitrogens with one attached hydrogen (secondary N) is 1. The number of halogens is 1. The lowest BCUT2D eigenvalue weighted by Gasteiger charge is -2.35. The number of carbonyl (C=O) groups is 1. The lowest BCUT2D eigenvalue weighted by molar-refractivity contribution is 0.244. The van der Waals surface area contributed by atoms with E-state index in [4.69, 9.17) is 21.1 Å². The van der Waals surface area contributed by atoms with E-state index in [1.165, 1.54) is 5.56 Å². The highest BCUT2D eigenvalue weighted by Crippen LogP contribution is 2.39. The fraction of sp³-hybridized carbons (Fsp3) is 0.207. The maximum Gasteiger partial charge on any atom is 0.326 e. The van der Waals surface area contributed by atoms with Crippen molar-refractivity contribution in [1.82, 2.24) is 15.5 Å². The smallest absolute Gasteiger partial charge is 0.326 e. The van der Waals surface area contributed by atoms with Crippen LogP contribution in [0.1, 0.15) is 48.0 Å². The number of benzene rings is 3. The Bertz CT molecular complexity index is 1470. The Morgan fingerprint density at radius 2 is 1.78 bits per heavy atom. The summed E-state index contributed by atoms with van der Waals surface area (Å²) in [6.07, 6.45) is 0.958. The van der Waals surface area contributed by atoms with Gasteiger partial charge in [-0.2, -0.15) is 4.98 Å². The van der Waals surface area contributed by atoms with Crippen molar-refractivity contribution in [1.29, 1.82) is 0 Å². The molecule has 0 aliphatic carbocycles. The molecule has 0 fully saturated rings. The van der Waals surface area contributed by atoms with E-state index < -0.39 is 6.04 Å². The predicted molar refractivity (Wildman–Crippen MR) is 143 cm³/mol. The van der Waals surface area contributed by atoms with Gasteiger partial charge in [-0.05, 0) is 73.7 Å². The Hall–Kier alpha value is -3.90. The van der Waals surface area contributed by atoms with Crippen LogP contribution in [0.15, 0.2) is 77.0 Å². The van der Waals surface area contributed by atoms with E-state index in [0.717, 1.165) is 39.9 Å². The summed E-state index contributed by atoms with van der Waals surface area (Å²) < 4.78 is 5.80. The second kappa shape index (κ2) is 9.63. The fourth-order valence-electron chi connectivity index (χ4n) is 4.47. The number of amides is 2. The zero-order chi connectivity index (χ0) is 25.4. The maximum absolute atomic E-state index is 13.4. The lowest BCUT2D eigenvalue weighted by Crippen LogP contribution is -2.46. The number of urea groups is 1. The quantitative estimate of drug-likeness (QED) is 0.314. The molecule has 0 saturated heterocycles. The molecule has 6 nitrogen and oxygen atoms in total. The molecule has 1 unspecified atom stereocenters. The largest absolute Gasteiger partial charge is 0.334 e. The third-order valence-corrected chi connectivity index (χ3v) is 6.93. The SMILES string of the molecule is CCc1ccc(-c2noc(C3=C(C)N(c4ccc(C)c(C)c4)C(=O)NC3c3cccc(Cl)c3)n2)cc1. The molecule has 3 aromatic carbocycles. The molecule has 1 aromatic heterocycles. The van der Waals surface area contributed by atoms with Crippen molar-refractivity contribution in [2.45, 2.75) is 40.2 Å². The van der Waals surface area contributed by atoms with E-state index in [-0.39, 0.29) is 6.03 Å². The fourth-order valence-corrected chi connectivity index (χ4v) is 4.67. The molecular weight excluding hydrogens is 472 g/mol. The van der Waals surface area contributed by atoms with Crippen LogP contribution in [0.2, 0.25) is 5.02 Å². The summed E-state index contributed by atoms with van der Waals surface area (Å²) >= 11 is 6.31. The number of rotatable bonds is 5. The first kappa shape index (κ1) is 23.8. The summed E-state index contributed by atoms with van der Waals surface area (Å²) in [5.74, 6) is 0.841. The van der Waals surface area contributed by atoms with Gasteiger partial charge in [0.05, 0.1) is 17.3 Å². The Balaban J connectivity index is 1.64. The molecule has 0 spiro atoms. The first-order valence-corrected chi connectivity index (χ1v) is 12.3. The lowest BCUT2D eigenvalue weighted by atomic mass is 9.94. The van der Waals surface area contributed by atoms with Crippen LogP contribution in [-0.4, -0.2) is 16.2 Å². The minimum absolute atomic E-state index is 0.237. The molecule has 36 heavy (non-hydrogen) atoms. The van der Waals surface area contributed by atoms with Crippen LogP contribution in [0.3, 0.4) is 0 Å². The van der Waals surface area contributed by atoms with Crippen molar-refractivity contribution in [3.63, 3.8) is 0 Å². The minimum Gasteiger partial charge on any atom is -0.334 e. The first-order valence-electron chi connectivity index (χ1n) is 11.9. The van der Waals surface area contributed by atoms with Gasteiger partial charge in [-0.3, -0.25) is 4.90 Å². The van der Waals surface area contributed by atoms with Gasteiger partial charge in [0.25, 0.3) is 5.89 Å². The highest BCUT2D eigenvalue weighted by atomic mass is 35.5.